The molecule has 0 spiro atoms. The Labute approximate surface area is 168 Å². The molecule has 1 aliphatic rings. The lowest BCUT2D eigenvalue weighted by Crippen LogP contribution is -2.45. The van der Waals surface area contributed by atoms with E-state index in [-0.39, 0.29) is 17.6 Å². The smallest absolute Gasteiger partial charge is 0.338 e. The summed E-state index contributed by atoms with van der Waals surface area (Å²) in [6.45, 7) is 4.79. The zero-order valence-electron chi connectivity index (χ0n) is 16.2. The number of hydrogen-bond donors (Lipinski definition) is 1. The fourth-order valence-corrected chi connectivity index (χ4v) is 4.42. The number of carbonyl (C=O) groups is 2. The average molecular weight is 401 g/mol. The van der Waals surface area contributed by atoms with Crippen molar-refractivity contribution in [3.63, 3.8) is 0 Å². The van der Waals surface area contributed by atoms with Gasteiger partial charge < -0.3 is 14.6 Å². The van der Waals surface area contributed by atoms with Crippen molar-refractivity contribution in [3.8, 4) is 6.07 Å². The van der Waals surface area contributed by atoms with Crippen LogP contribution in [0.1, 0.15) is 49.9 Å². The maximum Gasteiger partial charge on any atom is 0.338 e. The minimum Gasteiger partial charge on any atom is -0.462 e. The third kappa shape index (κ3) is 4.14. The molecule has 0 radical (unpaired) electrons. The van der Waals surface area contributed by atoms with Crippen LogP contribution in [0.3, 0.4) is 0 Å². The number of esters is 1. The number of hydrogen-bond acceptors (Lipinski definition) is 6. The van der Waals surface area contributed by atoms with E-state index in [1.807, 2.05) is 17.6 Å². The van der Waals surface area contributed by atoms with E-state index < -0.39 is 5.54 Å². The summed E-state index contributed by atoms with van der Waals surface area (Å²) in [7, 11) is 0. The van der Waals surface area contributed by atoms with Crippen molar-refractivity contribution in [1.82, 2.24) is 14.9 Å². The number of benzene rings is 1. The molecule has 1 N–H and O–H groups in total. The predicted molar refractivity (Wildman–Crippen MR) is 107 cm³/mol. The van der Waals surface area contributed by atoms with Gasteiger partial charge in [0.2, 0.25) is 5.91 Å². The Morgan fingerprint density at radius 1 is 1.36 bits per heavy atom. The second kappa shape index (κ2) is 8.65. The summed E-state index contributed by atoms with van der Waals surface area (Å²) in [6, 6.07) is 7.57. The largest absolute Gasteiger partial charge is 0.462 e. The normalized spacial score (nSPS) is 15.3. The molecule has 1 aromatic heterocycles. The van der Waals surface area contributed by atoms with Crippen molar-refractivity contribution >= 4 is 34.7 Å². The van der Waals surface area contributed by atoms with Crippen molar-refractivity contribution in [2.75, 3.05) is 12.4 Å². The quantitative estimate of drug-likeness (QED) is 0.566. The number of imidazole rings is 1. The number of nitrogens with zero attached hydrogens (tertiary/aromatic N) is 3. The minimum atomic E-state index is -0.711. The molecular formula is C20H24N4O3S. The van der Waals surface area contributed by atoms with Crippen molar-refractivity contribution in [3.05, 3.63) is 23.8 Å². The lowest BCUT2D eigenvalue weighted by Gasteiger charge is -2.21. The van der Waals surface area contributed by atoms with Crippen LogP contribution in [0.2, 0.25) is 0 Å². The molecule has 1 heterocycles. The first-order valence-corrected chi connectivity index (χ1v) is 10.5. The molecule has 0 aliphatic heterocycles. The highest BCUT2D eigenvalue weighted by Gasteiger charge is 2.35. The number of nitrogens with one attached hydrogen (secondary N) is 1. The summed E-state index contributed by atoms with van der Waals surface area (Å²) in [5.41, 5.74) is 1.35. The predicted octanol–water partition coefficient (Wildman–Crippen LogP) is 3.28. The summed E-state index contributed by atoms with van der Waals surface area (Å²) < 4.78 is 7.06. The zero-order valence-corrected chi connectivity index (χ0v) is 17.0. The Balaban J connectivity index is 1.74. The van der Waals surface area contributed by atoms with Gasteiger partial charge in [0.05, 0.1) is 35.0 Å². The molecule has 0 saturated heterocycles. The fourth-order valence-electron chi connectivity index (χ4n) is 3.54. The number of nitriles is 1. The summed E-state index contributed by atoms with van der Waals surface area (Å²) in [6.07, 6.45) is 3.36. The first-order chi connectivity index (χ1) is 13.5. The van der Waals surface area contributed by atoms with Crippen LogP contribution in [0.15, 0.2) is 23.4 Å². The van der Waals surface area contributed by atoms with E-state index in [0.29, 0.717) is 42.2 Å². The lowest BCUT2D eigenvalue weighted by molar-refractivity contribution is -0.119. The summed E-state index contributed by atoms with van der Waals surface area (Å²) >= 11 is 1.34. The molecule has 0 bridgehead atoms. The van der Waals surface area contributed by atoms with E-state index in [2.05, 4.69) is 16.4 Å². The molecule has 28 heavy (non-hydrogen) atoms. The third-order valence-corrected chi connectivity index (χ3v) is 5.90. The van der Waals surface area contributed by atoms with Crippen LogP contribution in [0.25, 0.3) is 11.0 Å². The van der Waals surface area contributed by atoms with E-state index in [1.165, 1.54) is 11.8 Å². The summed E-state index contributed by atoms with van der Waals surface area (Å²) in [5, 5.41) is 13.0. The highest BCUT2D eigenvalue weighted by Crippen LogP contribution is 2.30. The number of aromatic nitrogens is 2. The fraction of sp³-hybridized carbons (Fsp3) is 0.500. The molecule has 1 aliphatic carbocycles. The maximum atomic E-state index is 12.4. The van der Waals surface area contributed by atoms with Crippen molar-refractivity contribution in [2.24, 2.45) is 0 Å². The standard InChI is InChI=1S/C20H24N4O3S/c1-3-24-16-8-7-14(18(26)27-4-2)11-15(16)22-19(24)28-12-17(25)23-20(13-21)9-5-6-10-20/h7-8,11H,3-6,9-10,12H2,1-2H3,(H,23,25). The van der Waals surface area contributed by atoms with Crippen LogP contribution < -0.4 is 5.32 Å². The van der Waals surface area contributed by atoms with Crippen LogP contribution in [-0.2, 0) is 16.1 Å². The van der Waals surface area contributed by atoms with Gasteiger partial charge in [-0.25, -0.2) is 9.78 Å². The number of aryl methyl sites for hydroxylation is 1. The number of carbonyl (C=O) groups excluding carboxylic acids is 2. The zero-order chi connectivity index (χ0) is 20.1. The maximum absolute atomic E-state index is 12.4. The van der Waals surface area contributed by atoms with Crippen molar-refractivity contribution in [1.29, 1.82) is 5.26 Å². The van der Waals surface area contributed by atoms with Gasteiger partial charge in [0.15, 0.2) is 5.16 Å². The van der Waals surface area contributed by atoms with Crippen molar-refractivity contribution < 1.29 is 14.3 Å². The molecule has 2 aromatic rings. The molecule has 148 valence electrons. The van der Waals surface area contributed by atoms with Crippen LogP contribution in [-0.4, -0.2) is 39.3 Å². The van der Waals surface area contributed by atoms with E-state index >= 15 is 0 Å². The molecule has 7 nitrogen and oxygen atoms in total. The van der Waals surface area contributed by atoms with Gasteiger partial charge in [0.25, 0.3) is 0 Å². The Hall–Kier alpha value is -2.53. The van der Waals surface area contributed by atoms with Gasteiger partial charge in [-0.3, -0.25) is 4.79 Å². The van der Waals surface area contributed by atoms with Gasteiger partial charge in [0.1, 0.15) is 5.54 Å². The van der Waals surface area contributed by atoms with E-state index in [1.54, 1.807) is 19.1 Å². The summed E-state index contributed by atoms with van der Waals surface area (Å²) in [4.78, 5) is 28.9. The van der Waals surface area contributed by atoms with Crippen LogP contribution in [0.4, 0.5) is 0 Å². The van der Waals surface area contributed by atoms with Crippen LogP contribution in [0.5, 0.6) is 0 Å². The summed E-state index contributed by atoms with van der Waals surface area (Å²) in [5.74, 6) is -0.338. The highest BCUT2D eigenvalue weighted by atomic mass is 32.2. The molecular weight excluding hydrogens is 376 g/mol. The number of rotatable bonds is 7. The molecule has 1 amide bonds. The molecule has 3 rings (SSSR count). The third-order valence-electron chi connectivity index (χ3n) is 4.92. The van der Waals surface area contributed by atoms with E-state index in [9.17, 15) is 14.9 Å². The van der Waals surface area contributed by atoms with Gasteiger partial charge in [0, 0.05) is 6.54 Å². The molecule has 1 aromatic carbocycles. The molecule has 8 heteroatoms. The molecule has 0 unspecified atom stereocenters. The monoisotopic (exact) mass is 400 g/mol. The Bertz CT molecular complexity index is 925. The SMILES string of the molecule is CCOC(=O)c1ccc2c(c1)nc(SCC(=O)NC1(C#N)CCCC1)n2CC. The molecule has 0 atom stereocenters. The first-order valence-electron chi connectivity index (χ1n) is 9.54. The van der Waals surface area contributed by atoms with Gasteiger partial charge in [-0.1, -0.05) is 11.8 Å². The Morgan fingerprint density at radius 2 is 2.11 bits per heavy atom. The van der Waals surface area contributed by atoms with Crippen LogP contribution >= 0.6 is 11.8 Å². The minimum absolute atomic E-state index is 0.157. The number of amides is 1. The average Bonchev–Trinajstić information content (AvgIpc) is 3.30. The first kappa shape index (κ1) is 20.2. The number of fused-ring (bicyclic) bond motifs is 1. The van der Waals surface area contributed by atoms with Gasteiger partial charge in [-0.05, 0) is 57.7 Å². The number of thioether (sulfide) groups is 1. The van der Waals surface area contributed by atoms with Gasteiger partial charge in [-0.2, -0.15) is 5.26 Å². The topological polar surface area (TPSA) is 97.0 Å². The van der Waals surface area contributed by atoms with Gasteiger partial charge in [-0.15, -0.1) is 0 Å². The van der Waals surface area contributed by atoms with E-state index in [0.717, 1.165) is 18.4 Å². The molecule has 1 fully saturated rings. The second-order valence-corrected chi connectivity index (χ2v) is 7.74. The Morgan fingerprint density at radius 3 is 2.75 bits per heavy atom. The highest BCUT2D eigenvalue weighted by molar-refractivity contribution is 7.99. The molecule has 1 saturated carbocycles. The Kier molecular flexibility index (Phi) is 6.25. The van der Waals surface area contributed by atoms with Crippen molar-refractivity contribution in [2.45, 2.75) is 56.8 Å². The number of ether oxygens (including phenoxy) is 1. The lowest BCUT2D eigenvalue weighted by atomic mass is 10.0. The second-order valence-electron chi connectivity index (χ2n) is 6.80. The van der Waals surface area contributed by atoms with E-state index in [4.69, 9.17) is 4.74 Å². The van der Waals surface area contributed by atoms with Gasteiger partial charge >= 0.3 is 5.97 Å². The van der Waals surface area contributed by atoms with Crippen LogP contribution in [0, 0.1) is 11.3 Å².